The molecule has 8 nitrogen and oxygen atoms in total. The van der Waals surface area contributed by atoms with Crippen molar-refractivity contribution in [3.63, 3.8) is 0 Å². The summed E-state index contributed by atoms with van der Waals surface area (Å²) in [6.07, 6.45) is 0.787. The highest BCUT2D eigenvalue weighted by molar-refractivity contribution is 7.12. The number of amides is 2. The van der Waals surface area contributed by atoms with Crippen LogP contribution in [-0.2, 0) is 14.3 Å². The van der Waals surface area contributed by atoms with E-state index in [0.717, 1.165) is 6.42 Å². The van der Waals surface area contributed by atoms with Crippen LogP contribution in [0.1, 0.15) is 16.1 Å². The molecule has 9 heteroatoms. The molecule has 0 bridgehead atoms. The SMILES string of the molecule is O=C(COC(=O)CNC(=O)c1cccs1)Nc1ccc2c(c1)OCCCO2. The number of hydrogen-bond donors (Lipinski definition) is 2. The number of fused-ring (bicyclic) bond motifs is 1. The summed E-state index contributed by atoms with van der Waals surface area (Å²) in [5.74, 6) is -0.383. The van der Waals surface area contributed by atoms with Crippen LogP contribution >= 0.6 is 11.3 Å². The fourth-order valence-electron chi connectivity index (χ4n) is 2.28. The molecule has 142 valence electrons. The van der Waals surface area contributed by atoms with Gasteiger partial charge in [0.25, 0.3) is 11.8 Å². The maximum atomic E-state index is 11.9. The number of nitrogens with one attached hydrogen (secondary N) is 2. The van der Waals surface area contributed by atoms with E-state index in [1.807, 2.05) is 0 Å². The fourth-order valence-corrected chi connectivity index (χ4v) is 2.92. The third kappa shape index (κ3) is 5.45. The molecule has 1 aromatic heterocycles. The Kier molecular flexibility index (Phi) is 6.26. The predicted octanol–water partition coefficient (Wildman–Crippen LogP) is 1.82. The van der Waals surface area contributed by atoms with Crippen molar-refractivity contribution in [2.45, 2.75) is 6.42 Å². The van der Waals surface area contributed by atoms with Crippen molar-refractivity contribution < 1.29 is 28.6 Å². The molecule has 2 amide bonds. The number of rotatable bonds is 6. The van der Waals surface area contributed by atoms with Gasteiger partial charge < -0.3 is 24.8 Å². The molecule has 0 saturated heterocycles. The molecule has 0 unspecified atom stereocenters. The first-order valence-electron chi connectivity index (χ1n) is 8.28. The molecule has 27 heavy (non-hydrogen) atoms. The second-order valence-electron chi connectivity index (χ2n) is 5.58. The lowest BCUT2D eigenvalue weighted by Crippen LogP contribution is -2.31. The highest BCUT2D eigenvalue weighted by Crippen LogP contribution is 2.32. The fraction of sp³-hybridized carbons (Fsp3) is 0.278. The quantitative estimate of drug-likeness (QED) is 0.730. The Morgan fingerprint density at radius 1 is 1.11 bits per heavy atom. The molecule has 1 aliphatic heterocycles. The van der Waals surface area contributed by atoms with Crippen LogP contribution in [0.2, 0.25) is 0 Å². The van der Waals surface area contributed by atoms with Crippen molar-refractivity contribution in [1.82, 2.24) is 5.32 Å². The zero-order chi connectivity index (χ0) is 19.1. The Bertz CT molecular complexity index is 821. The predicted molar refractivity (Wildman–Crippen MR) is 98.3 cm³/mol. The maximum Gasteiger partial charge on any atom is 0.325 e. The van der Waals surface area contributed by atoms with Gasteiger partial charge in [-0.15, -0.1) is 11.3 Å². The summed E-state index contributed by atoms with van der Waals surface area (Å²) in [4.78, 5) is 35.8. The van der Waals surface area contributed by atoms with Gasteiger partial charge in [0.05, 0.1) is 18.1 Å². The first-order valence-corrected chi connectivity index (χ1v) is 9.16. The second kappa shape index (κ2) is 9.04. The minimum absolute atomic E-state index is 0.311. The third-order valence-electron chi connectivity index (χ3n) is 3.53. The van der Waals surface area contributed by atoms with E-state index >= 15 is 0 Å². The normalized spacial score (nSPS) is 12.6. The zero-order valence-electron chi connectivity index (χ0n) is 14.4. The van der Waals surface area contributed by atoms with Gasteiger partial charge in [-0.25, -0.2) is 0 Å². The maximum absolute atomic E-state index is 11.9. The number of ether oxygens (including phenoxy) is 3. The molecule has 0 atom stereocenters. The highest BCUT2D eigenvalue weighted by atomic mass is 32.1. The van der Waals surface area contributed by atoms with Crippen molar-refractivity contribution >= 4 is 34.8 Å². The summed E-state index contributed by atoms with van der Waals surface area (Å²) in [5.41, 5.74) is 0.506. The van der Waals surface area contributed by atoms with E-state index in [4.69, 9.17) is 14.2 Å². The number of carbonyl (C=O) groups excluding carboxylic acids is 3. The van der Waals surface area contributed by atoms with Crippen molar-refractivity contribution in [2.75, 3.05) is 31.7 Å². The number of anilines is 1. The van der Waals surface area contributed by atoms with Crippen molar-refractivity contribution in [1.29, 1.82) is 0 Å². The van der Waals surface area contributed by atoms with Crippen molar-refractivity contribution in [3.8, 4) is 11.5 Å². The van der Waals surface area contributed by atoms with E-state index in [9.17, 15) is 14.4 Å². The van der Waals surface area contributed by atoms with Gasteiger partial charge in [0.1, 0.15) is 6.54 Å². The van der Waals surface area contributed by atoms with E-state index in [1.165, 1.54) is 11.3 Å². The molecule has 0 aliphatic carbocycles. The molecule has 2 heterocycles. The molecular formula is C18H18N2O6S. The van der Waals surface area contributed by atoms with Crippen LogP contribution in [0.15, 0.2) is 35.7 Å². The van der Waals surface area contributed by atoms with Crippen LogP contribution in [0.5, 0.6) is 11.5 Å². The van der Waals surface area contributed by atoms with Crippen molar-refractivity contribution in [3.05, 3.63) is 40.6 Å². The molecular weight excluding hydrogens is 372 g/mol. The first-order chi connectivity index (χ1) is 13.1. The Morgan fingerprint density at radius 3 is 2.70 bits per heavy atom. The molecule has 3 rings (SSSR count). The summed E-state index contributed by atoms with van der Waals surface area (Å²) in [6.45, 7) is 0.354. The van der Waals surface area contributed by atoms with E-state index in [1.54, 1.807) is 35.7 Å². The van der Waals surface area contributed by atoms with Gasteiger partial charge in [0, 0.05) is 18.2 Å². The zero-order valence-corrected chi connectivity index (χ0v) is 15.2. The number of hydrogen-bond acceptors (Lipinski definition) is 7. The molecule has 1 aromatic carbocycles. The molecule has 2 N–H and O–H groups in total. The van der Waals surface area contributed by atoms with E-state index in [-0.39, 0.29) is 12.5 Å². The molecule has 1 aliphatic rings. The van der Waals surface area contributed by atoms with E-state index in [0.29, 0.717) is 35.3 Å². The van der Waals surface area contributed by atoms with Crippen LogP contribution in [0.25, 0.3) is 0 Å². The average Bonchev–Trinajstić information content (AvgIpc) is 3.11. The molecule has 0 saturated carbocycles. The molecule has 0 fully saturated rings. The summed E-state index contributed by atoms with van der Waals surface area (Å²) in [5, 5.41) is 6.81. The van der Waals surface area contributed by atoms with Gasteiger partial charge >= 0.3 is 5.97 Å². The summed E-state index contributed by atoms with van der Waals surface area (Å²) in [6, 6.07) is 8.43. The average molecular weight is 390 g/mol. The largest absolute Gasteiger partial charge is 0.490 e. The van der Waals surface area contributed by atoms with Gasteiger partial charge in [-0.3, -0.25) is 14.4 Å². The smallest absolute Gasteiger partial charge is 0.325 e. The van der Waals surface area contributed by atoms with Gasteiger partial charge in [-0.1, -0.05) is 6.07 Å². The van der Waals surface area contributed by atoms with E-state index in [2.05, 4.69) is 10.6 Å². The highest BCUT2D eigenvalue weighted by Gasteiger charge is 2.14. The Labute approximate surface area is 159 Å². The van der Waals surface area contributed by atoms with Crippen LogP contribution in [-0.4, -0.2) is 44.1 Å². The van der Waals surface area contributed by atoms with Crippen LogP contribution in [0.3, 0.4) is 0 Å². The van der Waals surface area contributed by atoms with Crippen LogP contribution in [0.4, 0.5) is 5.69 Å². The lowest BCUT2D eigenvalue weighted by atomic mass is 10.2. The lowest BCUT2D eigenvalue weighted by molar-refractivity contribution is -0.146. The van der Waals surface area contributed by atoms with Gasteiger partial charge in [-0.05, 0) is 23.6 Å². The lowest BCUT2D eigenvalue weighted by Gasteiger charge is -2.10. The Balaban J connectivity index is 1.42. The van der Waals surface area contributed by atoms with Gasteiger partial charge in [0.15, 0.2) is 18.1 Å². The molecule has 0 spiro atoms. The summed E-state index contributed by atoms with van der Waals surface area (Å²) < 4.78 is 15.9. The summed E-state index contributed by atoms with van der Waals surface area (Å²) >= 11 is 1.27. The standard InChI is InChI=1S/C18H18N2O6S/c21-16(11-26-17(22)10-19-18(23)15-3-1-8-27-15)20-12-4-5-13-14(9-12)25-7-2-6-24-13/h1,3-5,8-9H,2,6-7,10-11H2,(H,19,23)(H,20,21). The monoisotopic (exact) mass is 390 g/mol. The Hall–Kier alpha value is -3.07. The van der Waals surface area contributed by atoms with E-state index < -0.39 is 18.5 Å². The number of benzene rings is 1. The molecule has 0 radical (unpaired) electrons. The van der Waals surface area contributed by atoms with Gasteiger partial charge in [-0.2, -0.15) is 0 Å². The second-order valence-corrected chi connectivity index (χ2v) is 6.53. The first kappa shape index (κ1) is 18.7. The Morgan fingerprint density at radius 2 is 1.93 bits per heavy atom. The number of esters is 1. The number of thiophene rings is 1. The summed E-state index contributed by atoms with van der Waals surface area (Å²) in [7, 11) is 0. The van der Waals surface area contributed by atoms with Crippen LogP contribution in [0, 0.1) is 0 Å². The van der Waals surface area contributed by atoms with Gasteiger partial charge in [0.2, 0.25) is 0 Å². The molecule has 2 aromatic rings. The minimum Gasteiger partial charge on any atom is -0.490 e. The number of carbonyl (C=O) groups is 3. The van der Waals surface area contributed by atoms with Crippen molar-refractivity contribution in [2.24, 2.45) is 0 Å². The minimum atomic E-state index is -0.700. The van der Waals surface area contributed by atoms with Crippen LogP contribution < -0.4 is 20.1 Å². The topological polar surface area (TPSA) is 103 Å². The third-order valence-corrected chi connectivity index (χ3v) is 4.40.